The highest BCUT2D eigenvalue weighted by Gasteiger charge is 2.39. The molecule has 1 saturated heterocycles. The smallest absolute Gasteiger partial charge is 0.490 e. The van der Waals surface area contributed by atoms with Gasteiger partial charge >= 0.3 is 12.1 Å². The first-order valence-electron chi connectivity index (χ1n) is 14.8. The number of rotatable bonds is 7. The zero-order chi connectivity index (χ0) is 33.6. The molecule has 2 heterocycles. The minimum absolute atomic E-state index is 0.0691. The Morgan fingerprint density at radius 2 is 1.69 bits per heavy atom. The van der Waals surface area contributed by atoms with Gasteiger partial charge in [-0.1, -0.05) is 19.3 Å². The molecule has 1 aromatic carbocycles. The van der Waals surface area contributed by atoms with Gasteiger partial charge in [-0.25, -0.2) is 9.18 Å². The van der Waals surface area contributed by atoms with Crippen LogP contribution in [-0.4, -0.2) is 101 Å². The van der Waals surface area contributed by atoms with Crippen LogP contribution in [0.4, 0.5) is 17.6 Å². The molecule has 2 aromatic rings. The molecule has 45 heavy (non-hydrogen) atoms. The Kier molecular flexibility index (Phi) is 11.8. The van der Waals surface area contributed by atoms with Crippen LogP contribution in [0.5, 0.6) is 5.75 Å². The third-order valence-corrected chi connectivity index (χ3v) is 8.49. The van der Waals surface area contributed by atoms with Crippen molar-refractivity contribution in [2.75, 3.05) is 33.8 Å². The molecule has 4 rings (SSSR count). The lowest BCUT2D eigenvalue weighted by molar-refractivity contribution is -0.192. The lowest BCUT2D eigenvalue weighted by Crippen LogP contribution is -2.62. The average molecular weight is 644 g/mol. The summed E-state index contributed by atoms with van der Waals surface area (Å²) in [4.78, 5) is 52.5. The van der Waals surface area contributed by atoms with Crippen LogP contribution in [-0.2, 0) is 21.4 Å². The Hall–Kier alpha value is -3.88. The van der Waals surface area contributed by atoms with Crippen LogP contribution in [0.1, 0.15) is 56.4 Å². The summed E-state index contributed by atoms with van der Waals surface area (Å²) in [5, 5.41) is 13.7. The lowest BCUT2D eigenvalue weighted by Gasteiger charge is -2.43. The SMILES string of the molecule is CN[C@@H](C)C(=O)N[C@H](C(=O)N1CCN(C(=O)c2cc3cc(F)c(OC)cc3n2C)C[C@H]1C)C1CCCCC1.O=C(O)C(F)(F)F. The number of carbonyl (C=O) groups excluding carboxylic acids is 3. The summed E-state index contributed by atoms with van der Waals surface area (Å²) in [7, 11) is 4.91. The highest BCUT2D eigenvalue weighted by Crippen LogP contribution is 2.30. The van der Waals surface area contributed by atoms with Crippen molar-refractivity contribution in [1.29, 1.82) is 0 Å². The number of amides is 3. The van der Waals surface area contributed by atoms with Gasteiger partial charge in [0, 0.05) is 44.2 Å². The number of likely N-dealkylation sites (N-methyl/N-ethyl adjacent to an activating group) is 1. The van der Waals surface area contributed by atoms with Crippen LogP contribution in [0.25, 0.3) is 10.9 Å². The summed E-state index contributed by atoms with van der Waals surface area (Å²) in [6.07, 6.45) is 0.0336. The summed E-state index contributed by atoms with van der Waals surface area (Å²) in [5.74, 6) is -3.41. The number of methoxy groups -OCH3 is 1. The van der Waals surface area contributed by atoms with E-state index in [4.69, 9.17) is 14.6 Å². The van der Waals surface area contributed by atoms with Crippen LogP contribution in [0, 0.1) is 11.7 Å². The van der Waals surface area contributed by atoms with Gasteiger partial charge in [0.2, 0.25) is 11.8 Å². The molecule has 3 amide bonds. The molecule has 1 aliphatic carbocycles. The van der Waals surface area contributed by atoms with E-state index in [1.165, 1.54) is 13.2 Å². The molecule has 1 aliphatic heterocycles. The van der Waals surface area contributed by atoms with Crippen LogP contribution >= 0.6 is 0 Å². The van der Waals surface area contributed by atoms with E-state index in [2.05, 4.69) is 10.6 Å². The molecule has 2 aliphatic rings. The number of hydrogen-bond donors (Lipinski definition) is 3. The Morgan fingerprint density at radius 1 is 1.07 bits per heavy atom. The number of alkyl halides is 3. The largest absolute Gasteiger partial charge is 0.494 e. The molecule has 2 fully saturated rings. The van der Waals surface area contributed by atoms with Crippen LogP contribution in [0.3, 0.4) is 0 Å². The second kappa shape index (κ2) is 14.9. The van der Waals surface area contributed by atoms with Gasteiger partial charge in [-0.15, -0.1) is 0 Å². The highest BCUT2D eigenvalue weighted by atomic mass is 19.4. The molecule has 11 nitrogen and oxygen atoms in total. The van der Waals surface area contributed by atoms with Crippen molar-refractivity contribution in [3.8, 4) is 5.75 Å². The first kappa shape index (κ1) is 35.6. The number of ether oxygens (including phenoxy) is 1. The van der Waals surface area contributed by atoms with E-state index >= 15 is 0 Å². The number of nitrogens with zero attached hydrogens (tertiary/aromatic N) is 3. The molecule has 3 N–H and O–H groups in total. The van der Waals surface area contributed by atoms with Crippen molar-refractivity contribution in [2.45, 2.75) is 70.3 Å². The molecule has 1 saturated carbocycles. The fourth-order valence-electron chi connectivity index (χ4n) is 5.77. The van der Waals surface area contributed by atoms with E-state index < -0.39 is 30.0 Å². The van der Waals surface area contributed by atoms with Crippen molar-refractivity contribution in [1.82, 2.24) is 25.0 Å². The summed E-state index contributed by atoms with van der Waals surface area (Å²) >= 11 is 0. The van der Waals surface area contributed by atoms with Crippen molar-refractivity contribution in [3.05, 3.63) is 29.7 Å². The maximum Gasteiger partial charge on any atom is 0.490 e. The van der Waals surface area contributed by atoms with E-state index in [1.807, 2.05) is 11.8 Å². The van der Waals surface area contributed by atoms with Gasteiger partial charge in [0.05, 0.1) is 18.7 Å². The van der Waals surface area contributed by atoms with Crippen LogP contribution in [0.2, 0.25) is 0 Å². The topological polar surface area (TPSA) is 133 Å². The maximum absolute atomic E-state index is 14.2. The van der Waals surface area contributed by atoms with E-state index in [1.54, 1.807) is 42.6 Å². The number of fused-ring (bicyclic) bond motifs is 1. The summed E-state index contributed by atoms with van der Waals surface area (Å²) in [6.45, 7) is 4.87. The predicted octanol–water partition coefficient (Wildman–Crippen LogP) is 3.31. The zero-order valence-corrected chi connectivity index (χ0v) is 26.0. The Bertz CT molecular complexity index is 1390. The van der Waals surface area contributed by atoms with E-state index in [-0.39, 0.29) is 35.4 Å². The highest BCUT2D eigenvalue weighted by molar-refractivity contribution is 5.99. The van der Waals surface area contributed by atoms with Gasteiger partial charge < -0.3 is 34.8 Å². The van der Waals surface area contributed by atoms with Crippen LogP contribution < -0.4 is 15.4 Å². The van der Waals surface area contributed by atoms with E-state index in [0.29, 0.717) is 36.2 Å². The first-order valence-corrected chi connectivity index (χ1v) is 14.8. The second-order valence-electron chi connectivity index (χ2n) is 11.5. The number of aliphatic carboxylic acids is 1. The van der Waals surface area contributed by atoms with E-state index in [9.17, 15) is 31.9 Å². The third kappa shape index (κ3) is 8.44. The molecule has 0 radical (unpaired) electrons. The number of nitrogens with one attached hydrogen (secondary N) is 2. The molecule has 3 atom stereocenters. The molecule has 0 bridgehead atoms. The zero-order valence-electron chi connectivity index (χ0n) is 26.0. The quantitative estimate of drug-likeness (QED) is 0.395. The van der Waals surface area contributed by atoms with Crippen molar-refractivity contribution in [3.63, 3.8) is 0 Å². The molecule has 15 heteroatoms. The summed E-state index contributed by atoms with van der Waals surface area (Å²) in [5.41, 5.74) is 1.16. The van der Waals surface area contributed by atoms with Crippen molar-refractivity contribution >= 4 is 34.6 Å². The van der Waals surface area contributed by atoms with E-state index in [0.717, 1.165) is 32.1 Å². The number of aromatic nitrogens is 1. The third-order valence-electron chi connectivity index (χ3n) is 8.49. The van der Waals surface area contributed by atoms with Crippen molar-refractivity contribution < 1.29 is 46.6 Å². The number of piperazine rings is 1. The molecule has 0 spiro atoms. The van der Waals surface area contributed by atoms with Gasteiger partial charge in [0.15, 0.2) is 11.6 Å². The van der Waals surface area contributed by atoms with Gasteiger partial charge in [-0.3, -0.25) is 14.4 Å². The van der Waals surface area contributed by atoms with Gasteiger partial charge in [0.25, 0.3) is 5.91 Å². The summed E-state index contributed by atoms with van der Waals surface area (Å²) in [6, 6.07) is 3.49. The minimum Gasteiger partial charge on any atom is -0.494 e. The average Bonchev–Trinajstić information content (AvgIpc) is 3.32. The number of carboxylic acid groups (broad SMARTS) is 1. The number of hydrogen-bond acceptors (Lipinski definition) is 6. The Labute approximate surface area is 258 Å². The minimum atomic E-state index is -5.08. The molecule has 250 valence electrons. The van der Waals surface area contributed by atoms with Crippen molar-refractivity contribution in [2.24, 2.45) is 13.0 Å². The molecular formula is C30H41F4N5O6. The van der Waals surface area contributed by atoms with Crippen LogP contribution in [0.15, 0.2) is 18.2 Å². The van der Waals surface area contributed by atoms with Gasteiger partial charge in [-0.2, -0.15) is 13.2 Å². The fourth-order valence-corrected chi connectivity index (χ4v) is 5.77. The lowest BCUT2D eigenvalue weighted by atomic mass is 9.83. The molecule has 0 unspecified atom stereocenters. The summed E-state index contributed by atoms with van der Waals surface area (Å²) < 4.78 is 52.8. The predicted molar refractivity (Wildman–Crippen MR) is 157 cm³/mol. The normalized spacial score (nSPS) is 18.9. The molecule has 1 aromatic heterocycles. The number of carbonyl (C=O) groups is 4. The standard InChI is InChI=1S/C28H40FN5O4.C2HF3O2/c1-17-16-33(27(36)23-14-20-13-21(29)24(38-5)15-22(20)32(23)4)11-12-34(17)28(37)25(19-9-7-6-8-10-19)31-26(35)18(2)30-3;3-2(4,5)1(6)7/h13-15,17-19,25,30H,6-12,16H2,1-5H3,(H,31,35);(H,6,7)/t17-,18+,25+;/m1./s1. The first-order chi connectivity index (χ1) is 21.1. The van der Waals surface area contributed by atoms with Gasteiger partial charge in [0.1, 0.15) is 11.7 Å². The number of carboxylic acids is 1. The Balaban J connectivity index is 0.000000707. The number of halogens is 4. The monoisotopic (exact) mass is 643 g/mol. The fraction of sp³-hybridized carbons (Fsp3) is 0.600. The van der Waals surface area contributed by atoms with Gasteiger partial charge in [-0.05, 0) is 51.8 Å². The molecular weight excluding hydrogens is 602 g/mol. The Morgan fingerprint density at radius 3 is 2.22 bits per heavy atom. The second-order valence-corrected chi connectivity index (χ2v) is 11.5. The number of aryl methyl sites for hydroxylation is 1. The maximum atomic E-state index is 14.2. The number of benzene rings is 1.